The summed E-state index contributed by atoms with van der Waals surface area (Å²) in [5, 5.41) is 17.4. The molecular formula is C16H24N4O. The Bertz CT molecular complexity index is 585. The van der Waals surface area contributed by atoms with E-state index in [1.54, 1.807) is 0 Å². The maximum atomic E-state index is 9.95. The second kappa shape index (κ2) is 7.22. The van der Waals surface area contributed by atoms with E-state index in [4.69, 9.17) is 0 Å². The maximum absolute atomic E-state index is 9.95. The van der Waals surface area contributed by atoms with Gasteiger partial charge in [0.15, 0.2) is 0 Å². The van der Waals surface area contributed by atoms with Crippen LogP contribution in [0.5, 0.6) is 0 Å². The van der Waals surface area contributed by atoms with E-state index in [1.807, 2.05) is 38.1 Å². The predicted molar refractivity (Wildman–Crippen MR) is 87.7 cm³/mol. The van der Waals surface area contributed by atoms with Gasteiger partial charge in [0.05, 0.1) is 11.6 Å². The normalized spacial score (nSPS) is 12.6. The van der Waals surface area contributed by atoms with E-state index < -0.39 is 6.10 Å². The molecule has 2 rings (SSSR count). The van der Waals surface area contributed by atoms with Crippen LogP contribution in [0.25, 0.3) is 10.9 Å². The summed E-state index contributed by atoms with van der Waals surface area (Å²) in [4.78, 5) is 9.04. The highest BCUT2D eigenvalue weighted by molar-refractivity contribution is 5.90. The van der Waals surface area contributed by atoms with Crippen molar-refractivity contribution in [3.8, 4) is 0 Å². The van der Waals surface area contributed by atoms with Gasteiger partial charge >= 0.3 is 0 Å². The number of para-hydroxylation sites is 1. The molecule has 1 aromatic heterocycles. The van der Waals surface area contributed by atoms with E-state index >= 15 is 0 Å². The standard InChI is InChI=1S/C16H24N4O/c1-4-9-17-16-19-13-8-6-5-7-12(13)15(20-16)18-10-14(21)11(2)3/h5-8,11,14,21H,4,9-10H2,1-3H3,(H2,17,18,19,20). The second-order valence-electron chi connectivity index (χ2n) is 5.53. The number of rotatable bonds is 7. The number of aliphatic hydroxyl groups excluding tert-OH is 1. The number of aliphatic hydroxyl groups is 1. The van der Waals surface area contributed by atoms with Crippen LogP contribution < -0.4 is 10.6 Å². The summed E-state index contributed by atoms with van der Waals surface area (Å²) < 4.78 is 0. The summed E-state index contributed by atoms with van der Waals surface area (Å²) >= 11 is 0. The van der Waals surface area contributed by atoms with E-state index in [-0.39, 0.29) is 5.92 Å². The third-order valence-electron chi connectivity index (χ3n) is 3.38. The van der Waals surface area contributed by atoms with Crippen molar-refractivity contribution >= 4 is 22.7 Å². The summed E-state index contributed by atoms with van der Waals surface area (Å²) in [6.45, 7) is 7.42. The van der Waals surface area contributed by atoms with Gasteiger partial charge in [-0.3, -0.25) is 0 Å². The Morgan fingerprint density at radius 1 is 1.14 bits per heavy atom. The summed E-state index contributed by atoms with van der Waals surface area (Å²) in [6.07, 6.45) is 0.621. The third-order valence-corrected chi connectivity index (χ3v) is 3.38. The minimum Gasteiger partial charge on any atom is -0.391 e. The van der Waals surface area contributed by atoms with Gasteiger partial charge in [-0.15, -0.1) is 0 Å². The van der Waals surface area contributed by atoms with Crippen molar-refractivity contribution in [2.24, 2.45) is 5.92 Å². The van der Waals surface area contributed by atoms with E-state index in [2.05, 4.69) is 27.5 Å². The topological polar surface area (TPSA) is 70.1 Å². The summed E-state index contributed by atoms with van der Waals surface area (Å²) in [7, 11) is 0. The molecule has 0 spiro atoms. The Kier molecular flexibility index (Phi) is 5.33. The van der Waals surface area contributed by atoms with Crippen LogP contribution >= 0.6 is 0 Å². The number of benzene rings is 1. The quantitative estimate of drug-likeness (QED) is 0.731. The van der Waals surface area contributed by atoms with Crippen LogP contribution in [0.1, 0.15) is 27.2 Å². The van der Waals surface area contributed by atoms with E-state index in [1.165, 1.54) is 0 Å². The fraction of sp³-hybridized carbons (Fsp3) is 0.500. The zero-order valence-corrected chi connectivity index (χ0v) is 12.9. The molecule has 0 fully saturated rings. The molecule has 0 saturated carbocycles. The van der Waals surface area contributed by atoms with Crippen LogP contribution in [-0.2, 0) is 0 Å². The fourth-order valence-electron chi connectivity index (χ4n) is 1.96. The molecular weight excluding hydrogens is 264 g/mol. The van der Waals surface area contributed by atoms with E-state index in [0.717, 1.165) is 29.7 Å². The van der Waals surface area contributed by atoms with Crippen molar-refractivity contribution in [1.82, 2.24) is 9.97 Å². The molecule has 0 amide bonds. The highest BCUT2D eigenvalue weighted by Crippen LogP contribution is 2.22. The van der Waals surface area contributed by atoms with Gasteiger partial charge in [0.25, 0.3) is 0 Å². The number of hydrogen-bond donors (Lipinski definition) is 3. The molecule has 0 aliphatic rings. The summed E-state index contributed by atoms with van der Waals surface area (Å²) in [5.74, 6) is 1.60. The monoisotopic (exact) mass is 288 g/mol. The molecule has 0 saturated heterocycles. The Morgan fingerprint density at radius 2 is 1.90 bits per heavy atom. The molecule has 1 unspecified atom stereocenters. The van der Waals surface area contributed by atoms with Crippen LogP contribution in [0.4, 0.5) is 11.8 Å². The largest absolute Gasteiger partial charge is 0.391 e. The van der Waals surface area contributed by atoms with Crippen molar-refractivity contribution in [2.75, 3.05) is 23.7 Å². The van der Waals surface area contributed by atoms with E-state index in [9.17, 15) is 5.11 Å². The minimum absolute atomic E-state index is 0.211. The highest BCUT2D eigenvalue weighted by Gasteiger charge is 2.11. The lowest BCUT2D eigenvalue weighted by Crippen LogP contribution is -2.25. The number of hydrogen-bond acceptors (Lipinski definition) is 5. The van der Waals surface area contributed by atoms with Gasteiger partial charge in [0.2, 0.25) is 5.95 Å². The first-order valence-electron chi connectivity index (χ1n) is 7.54. The first kappa shape index (κ1) is 15.5. The first-order valence-corrected chi connectivity index (χ1v) is 7.54. The first-order chi connectivity index (χ1) is 10.1. The van der Waals surface area contributed by atoms with Crippen molar-refractivity contribution in [2.45, 2.75) is 33.3 Å². The van der Waals surface area contributed by atoms with Gasteiger partial charge in [0, 0.05) is 18.5 Å². The number of fused-ring (bicyclic) bond motifs is 1. The van der Waals surface area contributed by atoms with Crippen LogP contribution in [0, 0.1) is 5.92 Å². The zero-order valence-electron chi connectivity index (χ0n) is 12.9. The maximum Gasteiger partial charge on any atom is 0.225 e. The molecule has 1 heterocycles. The van der Waals surface area contributed by atoms with Crippen molar-refractivity contribution in [1.29, 1.82) is 0 Å². The van der Waals surface area contributed by atoms with Gasteiger partial charge in [-0.1, -0.05) is 32.9 Å². The molecule has 3 N–H and O–H groups in total. The molecule has 1 aromatic carbocycles. The smallest absolute Gasteiger partial charge is 0.225 e. The molecule has 21 heavy (non-hydrogen) atoms. The van der Waals surface area contributed by atoms with Gasteiger partial charge in [0.1, 0.15) is 5.82 Å². The number of nitrogens with zero attached hydrogens (tertiary/aromatic N) is 2. The molecule has 0 bridgehead atoms. The predicted octanol–water partition coefficient (Wildman–Crippen LogP) is 2.88. The minimum atomic E-state index is -0.397. The average molecular weight is 288 g/mol. The van der Waals surface area contributed by atoms with E-state index in [0.29, 0.717) is 12.5 Å². The number of nitrogens with one attached hydrogen (secondary N) is 2. The fourth-order valence-corrected chi connectivity index (χ4v) is 1.96. The molecule has 114 valence electrons. The molecule has 5 nitrogen and oxygen atoms in total. The zero-order chi connectivity index (χ0) is 15.2. The number of anilines is 2. The van der Waals surface area contributed by atoms with Gasteiger partial charge in [-0.2, -0.15) is 4.98 Å². The Morgan fingerprint density at radius 3 is 2.62 bits per heavy atom. The second-order valence-corrected chi connectivity index (χ2v) is 5.53. The molecule has 5 heteroatoms. The molecule has 0 aliphatic heterocycles. The van der Waals surface area contributed by atoms with Crippen molar-refractivity contribution in [3.05, 3.63) is 24.3 Å². The van der Waals surface area contributed by atoms with Gasteiger partial charge in [-0.05, 0) is 24.5 Å². The van der Waals surface area contributed by atoms with Crippen LogP contribution in [0.15, 0.2) is 24.3 Å². The van der Waals surface area contributed by atoms with Gasteiger partial charge in [-0.25, -0.2) is 4.98 Å². The highest BCUT2D eigenvalue weighted by atomic mass is 16.3. The van der Waals surface area contributed by atoms with Crippen molar-refractivity contribution < 1.29 is 5.11 Å². The van der Waals surface area contributed by atoms with Gasteiger partial charge < -0.3 is 15.7 Å². The molecule has 0 aliphatic carbocycles. The van der Waals surface area contributed by atoms with Crippen LogP contribution in [0.3, 0.4) is 0 Å². The number of aromatic nitrogens is 2. The Hall–Kier alpha value is -1.88. The summed E-state index contributed by atoms with van der Waals surface area (Å²) in [5.41, 5.74) is 0.896. The molecule has 1 atom stereocenters. The summed E-state index contributed by atoms with van der Waals surface area (Å²) in [6, 6.07) is 7.89. The SMILES string of the molecule is CCCNc1nc(NCC(O)C(C)C)c2ccccc2n1. The van der Waals surface area contributed by atoms with Crippen molar-refractivity contribution in [3.63, 3.8) is 0 Å². The lowest BCUT2D eigenvalue weighted by molar-refractivity contribution is 0.138. The third kappa shape index (κ3) is 4.04. The lowest BCUT2D eigenvalue weighted by Gasteiger charge is -2.17. The molecule has 2 aromatic rings. The van der Waals surface area contributed by atoms with Crippen LogP contribution in [0.2, 0.25) is 0 Å². The Balaban J connectivity index is 2.26. The average Bonchev–Trinajstić information content (AvgIpc) is 2.50. The lowest BCUT2D eigenvalue weighted by atomic mass is 10.1. The Labute approximate surface area is 125 Å². The molecule has 0 radical (unpaired) electrons. The van der Waals surface area contributed by atoms with Crippen LogP contribution in [-0.4, -0.2) is 34.3 Å².